The Morgan fingerprint density at radius 2 is 1.89 bits per heavy atom. The molecule has 2 aliphatic heterocycles. The Bertz CT molecular complexity index is 655. The van der Waals surface area contributed by atoms with Crippen molar-refractivity contribution in [3.8, 4) is 0 Å². The third-order valence-electron chi connectivity index (χ3n) is 6.12. The Hall–Kier alpha value is -1.92. The quantitative estimate of drug-likeness (QED) is 0.789. The van der Waals surface area contributed by atoms with E-state index in [1.165, 1.54) is 0 Å². The van der Waals surface area contributed by atoms with Gasteiger partial charge in [-0.15, -0.1) is 0 Å². The molecule has 28 heavy (non-hydrogen) atoms. The Labute approximate surface area is 168 Å². The number of carbonyl (C=O) groups is 2. The second kappa shape index (κ2) is 10.0. The highest BCUT2D eigenvalue weighted by atomic mass is 16.2. The van der Waals surface area contributed by atoms with Crippen LogP contribution < -0.4 is 10.6 Å². The molecule has 6 heteroatoms. The lowest BCUT2D eigenvalue weighted by molar-refractivity contribution is -0.116. The first-order valence-corrected chi connectivity index (χ1v) is 10.6. The predicted octanol–water partition coefficient (Wildman–Crippen LogP) is 2.57. The lowest BCUT2D eigenvalue weighted by Gasteiger charge is -2.35. The zero-order valence-corrected chi connectivity index (χ0v) is 17.2. The molecule has 0 spiro atoms. The number of hydrogen-bond donors (Lipinski definition) is 2. The number of carbonyl (C=O) groups excluding carboxylic acids is 2. The van der Waals surface area contributed by atoms with Crippen LogP contribution in [0.5, 0.6) is 0 Å². The number of benzene rings is 1. The second-order valence-corrected chi connectivity index (χ2v) is 8.33. The SMILES string of the molecule is CN1CCCC(N(C)C(=O)c2ccc(NC(=O)CCC3CCNCC3)cc2)C1. The number of amides is 2. The minimum absolute atomic E-state index is 0.0454. The van der Waals surface area contributed by atoms with Crippen LogP contribution in [-0.2, 0) is 4.79 Å². The van der Waals surface area contributed by atoms with E-state index in [2.05, 4.69) is 22.6 Å². The zero-order chi connectivity index (χ0) is 19.9. The first-order chi connectivity index (χ1) is 13.5. The molecule has 2 heterocycles. The van der Waals surface area contributed by atoms with Crippen molar-refractivity contribution in [3.05, 3.63) is 29.8 Å². The van der Waals surface area contributed by atoms with Gasteiger partial charge in [0, 0.05) is 37.3 Å². The molecule has 3 rings (SSSR count). The highest BCUT2D eigenvalue weighted by Gasteiger charge is 2.25. The minimum atomic E-state index is 0.0454. The molecule has 1 aromatic carbocycles. The fourth-order valence-electron chi connectivity index (χ4n) is 4.25. The van der Waals surface area contributed by atoms with Gasteiger partial charge in [-0.25, -0.2) is 0 Å². The summed E-state index contributed by atoms with van der Waals surface area (Å²) in [4.78, 5) is 29.1. The van der Waals surface area contributed by atoms with Crippen molar-refractivity contribution in [2.24, 2.45) is 5.92 Å². The number of nitrogens with one attached hydrogen (secondary N) is 2. The number of hydrogen-bond acceptors (Lipinski definition) is 4. The molecule has 1 unspecified atom stereocenters. The van der Waals surface area contributed by atoms with E-state index in [1.807, 2.05) is 36.2 Å². The van der Waals surface area contributed by atoms with Crippen LogP contribution in [0.4, 0.5) is 5.69 Å². The Morgan fingerprint density at radius 1 is 1.18 bits per heavy atom. The molecule has 2 aliphatic rings. The lowest BCUT2D eigenvalue weighted by atomic mass is 9.93. The fraction of sp³-hybridized carbons (Fsp3) is 0.636. The Morgan fingerprint density at radius 3 is 2.57 bits per heavy atom. The summed E-state index contributed by atoms with van der Waals surface area (Å²) >= 11 is 0. The van der Waals surface area contributed by atoms with E-state index in [9.17, 15) is 9.59 Å². The Balaban J connectivity index is 1.48. The molecule has 0 bridgehead atoms. The van der Waals surface area contributed by atoms with Crippen molar-refractivity contribution in [2.75, 3.05) is 45.6 Å². The number of piperidine rings is 2. The molecule has 2 N–H and O–H groups in total. The number of nitrogens with zero attached hydrogens (tertiary/aromatic N) is 2. The fourth-order valence-corrected chi connectivity index (χ4v) is 4.25. The van der Waals surface area contributed by atoms with E-state index < -0.39 is 0 Å². The van der Waals surface area contributed by atoms with E-state index in [0.717, 1.165) is 64.0 Å². The van der Waals surface area contributed by atoms with Crippen LogP contribution in [0.25, 0.3) is 0 Å². The molecule has 1 aromatic rings. The topological polar surface area (TPSA) is 64.7 Å². The van der Waals surface area contributed by atoms with Gasteiger partial charge in [-0.2, -0.15) is 0 Å². The highest BCUT2D eigenvalue weighted by Crippen LogP contribution is 2.20. The van der Waals surface area contributed by atoms with Crippen LogP contribution in [0.15, 0.2) is 24.3 Å². The number of anilines is 1. The highest BCUT2D eigenvalue weighted by molar-refractivity contribution is 5.95. The van der Waals surface area contributed by atoms with Crippen molar-refractivity contribution >= 4 is 17.5 Å². The summed E-state index contributed by atoms with van der Waals surface area (Å²) < 4.78 is 0. The van der Waals surface area contributed by atoms with Gasteiger partial charge in [0.2, 0.25) is 5.91 Å². The maximum atomic E-state index is 12.8. The van der Waals surface area contributed by atoms with Gasteiger partial charge in [0.05, 0.1) is 0 Å². The van der Waals surface area contributed by atoms with Crippen LogP contribution in [0.2, 0.25) is 0 Å². The maximum Gasteiger partial charge on any atom is 0.253 e. The molecule has 6 nitrogen and oxygen atoms in total. The predicted molar refractivity (Wildman–Crippen MR) is 113 cm³/mol. The summed E-state index contributed by atoms with van der Waals surface area (Å²) in [5.41, 5.74) is 1.43. The third kappa shape index (κ3) is 5.79. The van der Waals surface area contributed by atoms with Crippen molar-refractivity contribution in [1.29, 1.82) is 0 Å². The van der Waals surface area contributed by atoms with Gasteiger partial charge in [0.1, 0.15) is 0 Å². The standard InChI is InChI=1S/C22H34N4O2/c1-25-15-3-4-20(16-25)26(2)22(28)18-6-8-19(9-7-18)24-21(27)10-5-17-11-13-23-14-12-17/h6-9,17,20,23H,3-5,10-16H2,1-2H3,(H,24,27). The number of rotatable bonds is 6. The number of likely N-dealkylation sites (tertiary alicyclic amines) is 1. The summed E-state index contributed by atoms with van der Waals surface area (Å²) in [6.45, 7) is 4.15. The average Bonchev–Trinajstić information content (AvgIpc) is 2.72. The first-order valence-electron chi connectivity index (χ1n) is 10.6. The lowest BCUT2D eigenvalue weighted by Crippen LogP contribution is -2.47. The van der Waals surface area contributed by atoms with Crippen molar-refractivity contribution in [2.45, 2.75) is 44.6 Å². The van der Waals surface area contributed by atoms with E-state index >= 15 is 0 Å². The molecule has 0 aromatic heterocycles. The maximum absolute atomic E-state index is 12.8. The van der Waals surface area contributed by atoms with Crippen LogP contribution in [0, 0.1) is 5.92 Å². The van der Waals surface area contributed by atoms with Gasteiger partial charge >= 0.3 is 0 Å². The molecule has 2 fully saturated rings. The van der Waals surface area contributed by atoms with E-state index in [0.29, 0.717) is 17.9 Å². The summed E-state index contributed by atoms with van der Waals surface area (Å²) in [6, 6.07) is 7.55. The summed E-state index contributed by atoms with van der Waals surface area (Å²) in [7, 11) is 4.00. The molecule has 0 radical (unpaired) electrons. The monoisotopic (exact) mass is 386 g/mol. The molecule has 0 saturated carbocycles. The van der Waals surface area contributed by atoms with Gasteiger partial charge < -0.3 is 20.4 Å². The van der Waals surface area contributed by atoms with Gasteiger partial charge in [0.25, 0.3) is 5.91 Å². The molecule has 2 saturated heterocycles. The Kier molecular flexibility index (Phi) is 7.45. The number of likely N-dealkylation sites (N-methyl/N-ethyl adjacent to an activating group) is 2. The van der Waals surface area contributed by atoms with Gasteiger partial charge in [-0.1, -0.05) is 0 Å². The van der Waals surface area contributed by atoms with Gasteiger partial charge in [-0.3, -0.25) is 9.59 Å². The molecule has 1 atom stereocenters. The summed E-state index contributed by atoms with van der Waals surface area (Å²) in [5, 5.41) is 6.31. The molecule has 2 amide bonds. The van der Waals surface area contributed by atoms with E-state index in [1.54, 1.807) is 0 Å². The van der Waals surface area contributed by atoms with Crippen LogP contribution in [0.1, 0.15) is 48.9 Å². The van der Waals surface area contributed by atoms with Crippen LogP contribution >= 0.6 is 0 Å². The van der Waals surface area contributed by atoms with Gasteiger partial charge in [-0.05, 0) is 89.0 Å². The van der Waals surface area contributed by atoms with Crippen molar-refractivity contribution in [3.63, 3.8) is 0 Å². The zero-order valence-electron chi connectivity index (χ0n) is 17.2. The second-order valence-electron chi connectivity index (χ2n) is 8.33. The van der Waals surface area contributed by atoms with Crippen molar-refractivity contribution in [1.82, 2.24) is 15.1 Å². The first kappa shape index (κ1) is 20.8. The van der Waals surface area contributed by atoms with E-state index in [-0.39, 0.29) is 17.9 Å². The van der Waals surface area contributed by atoms with E-state index in [4.69, 9.17) is 0 Å². The largest absolute Gasteiger partial charge is 0.337 e. The molecule has 154 valence electrons. The molecular weight excluding hydrogens is 352 g/mol. The molecular formula is C22H34N4O2. The van der Waals surface area contributed by atoms with Crippen LogP contribution in [-0.4, -0.2) is 67.9 Å². The normalized spacial score (nSPS) is 21.3. The van der Waals surface area contributed by atoms with Crippen LogP contribution in [0.3, 0.4) is 0 Å². The average molecular weight is 387 g/mol. The van der Waals surface area contributed by atoms with Crippen molar-refractivity contribution < 1.29 is 9.59 Å². The smallest absolute Gasteiger partial charge is 0.253 e. The van der Waals surface area contributed by atoms with Gasteiger partial charge in [0.15, 0.2) is 0 Å². The summed E-state index contributed by atoms with van der Waals surface area (Å²) in [5.74, 6) is 0.755. The minimum Gasteiger partial charge on any atom is -0.337 e. The molecule has 0 aliphatic carbocycles. The third-order valence-corrected chi connectivity index (χ3v) is 6.12. The summed E-state index contributed by atoms with van der Waals surface area (Å²) in [6.07, 6.45) is 6.01.